The highest BCUT2D eigenvalue weighted by molar-refractivity contribution is 5.95. The molecule has 23 heavy (non-hydrogen) atoms. The lowest BCUT2D eigenvalue weighted by Gasteiger charge is -2.18. The van der Waals surface area contributed by atoms with Crippen LogP contribution < -0.4 is 14.8 Å². The minimum Gasteiger partial charge on any atom is -0.490 e. The molecule has 0 aliphatic heterocycles. The van der Waals surface area contributed by atoms with Crippen molar-refractivity contribution in [2.24, 2.45) is 5.92 Å². The van der Waals surface area contributed by atoms with E-state index in [0.717, 1.165) is 19.3 Å². The van der Waals surface area contributed by atoms with Gasteiger partial charge in [0.15, 0.2) is 18.1 Å². The normalized spacial score (nSPS) is 20.1. The van der Waals surface area contributed by atoms with E-state index in [0.29, 0.717) is 29.6 Å². The third kappa shape index (κ3) is 4.61. The molecule has 1 aliphatic rings. The number of benzene rings is 1. The van der Waals surface area contributed by atoms with E-state index in [1.165, 1.54) is 0 Å². The van der Waals surface area contributed by atoms with E-state index in [1.54, 1.807) is 18.2 Å². The summed E-state index contributed by atoms with van der Waals surface area (Å²) < 4.78 is 10.6. The van der Waals surface area contributed by atoms with Crippen molar-refractivity contribution in [2.45, 2.75) is 39.2 Å². The zero-order chi connectivity index (χ0) is 16.8. The summed E-state index contributed by atoms with van der Waals surface area (Å²) in [5.74, 6) is -0.0247. The summed E-state index contributed by atoms with van der Waals surface area (Å²) >= 11 is 0. The highest BCUT2D eigenvalue weighted by atomic mass is 16.5. The molecular formula is C17H23NO5. The molecule has 1 aromatic carbocycles. The monoisotopic (exact) mass is 321 g/mol. The zero-order valence-electron chi connectivity index (χ0n) is 13.5. The Balaban J connectivity index is 2.10. The fourth-order valence-corrected chi connectivity index (χ4v) is 2.79. The number of carboxylic acid groups (broad SMARTS) is 1. The molecule has 2 unspecified atom stereocenters. The number of hydrogen-bond acceptors (Lipinski definition) is 4. The van der Waals surface area contributed by atoms with Gasteiger partial charge in [0, 0.05) is 11.6 Å². The third-order valence-electron chi connectivity index (χ3n) is 4.03. The number of aliphatic carboxylic acids is 1. The maximum Gasteiger partial charge on any atom is 0.341 e. The maximum absolute atomic E-state index is 12.4. The van der Waals surface area contributed by atoms with Crippen LogP contribution in [0, 0.1) is 5.92 Å². The van der Waals surface area contributed by atoms with Gasteiger partial charge in [0.05, 0.1) is 6.61 Å². The van der Waals surface area contributed by atoms with Crippen LogP contribution in [-0.2, 0) is 4.79 Å². The number of hydrogen-bond donors (Lipinski definition) is 2. The first kappa shape index (κ1) is 17.1. The Kier molecular flexibility index (Phi) is 5.84. The van der Waals surface area contributed by atoms with E-state index in [1.807, 2.05) is 6.92 Å². The minimum absolute atomic E-state index is 0.144. The SMILES string of the molecule is CCOc1cc(C(=O)NC2CCCC2C)ccc1OCC(=O)O. The summed E-state index contributed by atoms with van der Waals surface area (Å²) in [7, 11) is 0. The second kappa shape index (κ2) is 7.85. The summed E-state index contributed by atoms with van der Waals surface area (Å²) in [6, 6.07) is 4.99. The largest absolute Gasteiger partial charge is 0.490 e. The van der Waals surface area contributed by atoms with Crippen molar-refractivity contribution < 1.29 is 24.2 Å². The van der Waals surface area contributed by atoms with Crippen LogP contribution in [0.5, 0.6) is 11.5 Å². The van der Waals surface area contributed by atoms with Gasteiger partial charge in [-0.05, 0) is 43.9 Å². The van der Waals surface area contributed by atoms with Gasteiger partial charge in [-0.15, -0.1) is 0 Å². The topological polar surface area (TPSA) is 84.9 Å². The van der Waals surface area contributed by atoms with Gasteiger partial charge in [0.25, 0.3) is 5.91 Å². The molecule has 1 aliphatic carbocycles. The van der Waals surface area contributed by atoms with E-state index in [2.05, 4.69) is 12.2 Å². The standard InChI is InChI=1S/C17H23NO5/c1-3-22-15-9-12(7-8-14(15)23-10-16(19)20)17(21)18-13-6-4-5-11(13)2/h7-9,11,13H,3-6,10H2,1-2H3,(H,18,21)(H,19,20). The van der Waals surface area contributed by atoms with Crippen molar-refractivity contribution in [1.82, 2.24) is 5.32 Å². The smallest absolute Gasteiger partial charge is 0.341 e. The first-order valence-electron chi connectivity index (χ1n) is 7.93. The minimum atomic E-state index is -1.07. The van der Waals surface area contributed by atoms with E-state index in [-0.39, 0.29) is 11.9 Å². The number of carbonyl (C=O) groups excluding carboxylic acids is 1. The highest BCUT2D eigenvalue weighted by Crippen LogP contribution is 2.29. The molecule has 1 amide bonds. The molecule has 1 fully saturated rings. The van der Waals surface area contributed by atoms with Crippen molar-refractivity contribution in [3.05, 3.63) is 23.8 Å². The average molecular weight is 321 g/mol. The molecule has 2 rings (SSSR count). The van der Waals surface area contributed by atoms with Crippen LogP contribution in [0.15, 0.2) is 18.2 Å². The average Bonchev–Trinajstić information content (AvgIpc) is 2.91. The number of carbonyl (C=O) groups is 2. The molecule has 0 heterocycles. The summed E-state index contributed by atoms with van der Waals surface area (Å²) in [5.41, 5.74) is 0.482. The zero-order valence-corrected chi connectivity index (χ0v) is 13.5. The van der Waals surface area contributed by atoms with Gasteiger partial charge >= 0.3 is 5.97 Å². The Morgan fingerprint density at radius 3 is 2.65 bits per heavy atom. The van der Waals surface area contributed by atoms with Crippen LogP contribution in [-0.4, -0.2) is 36.2 Å². The fraction of sp³-hybridized carbons (Fsp3) is 0.529. The number of amides is 1. The Hall–Kier alpha value is -2.24. The van der Waals surface area contributed by atoms with E-state index in [4.69, 9.17) is 14.6 Å². The van der Waals surface area contributed by atoms with Gasteiger partial charge < -0.3 is 19.9 Å². The van der Waals surface area contributed by atoms with Gasteiger partial charge in [-0.25, -0.2) is 4.79 Å². The maximum atomic E-state index is 12.4. The summed E-state index contributed by atoms with van der Waals surface area (Å²) in [5, 5.41) is 11.7. The number of ether oxygens (including phenoxy) is 2. The molecular weight excluding hydrogens is 298 g/mol. The van der Waals surface area contributed by atoms with Gasteiger partial charge in [0.2, 0.25) is 0 Å². The second-order valence-corrected chi connectivity index (χ2v) is 5.77. The van der Waals surface area contributed by atoms with Crippen LogP contribution in [0.2, 0.25) is 0 Å². The molecule has 0 bridgehead atoms. The molecule has 0 saturated heterocycles. The van der Waals surface area contributed by atoms with Crippen LogP contribution in [0.3, 0.4) is 0 Å². The van der Waals surface area contributed by atoms with Crippen LogP contribution in [0.1, 0.15) is 43.5 Å². The quantitative estimate of drug-likeness (QED) is 0.806. The van der Waals surface area contributed by atoms with Crippen molar-refractivity contribution >= 4 is 11.9 Å². The summed E-state index contributed by atoms with van der Waals surface area (Å²) in [4.78, 5) is 23.0. The molecule has 126 valence electrons. The van der Waals surface area contributed by atoms with Crippen LogP contribution in [0.4, 0.5) is 0 Å². The van der Waals surface area contributed by atoms with E-state index < -0.39 is 12.6 Å². The molecule has 0 radical (unpaired) electrons. The van der Waals surface area contributed by atoms with Crippen molar-refractivity contribution in [3.63, 3.8) is 0 Å². The Labute approximate surface area is 135 Å². The molecule has 6 nitrogen and oxygen atoms in total. The predicted molar refractivity (Wildman–Crippen MR) is 85.0 cm³/mol. The van der Waals surface area contributed by atoms with Gasteiger partial charge in [-0.1, -0.05) is 13.3 Å². The molecule has 0 aromatic heterocycles. The summed E-state index contributed by atoms with van der Waals surface area (Å²) in [6.07, 6.45) is 3.28. The van der Waals surface area contributed by atoms with Crippen molar-refractivity contribution in [2.75, 3.05) is 13.2 Å². The lowest BCUT2D eigenvalue weighted by Crippen LogP contribution is -2.36. The number of rotatable bonds is 7. The van der Waals surface area contributed by atoms with Crippen LogP contribution >= 0.6 is 0 Å². The third-order valence-corrected chi connectivity index (χ3v) is 4.03. The van der Waals surface area contributed by atoms with Gasteiger partial charge in [-0.3, -0.25) is 4.79 Å². The van der Waals surface area contributed by atoms with E-state index in [9.17, 15) is 9.59 Å². The number of carboxylic acids is 1. The fourth-order valence-electron chi connectivity index (χ4n) is 2.79. The molecule has 1 saturated carbocycles. The second-order valence-electron chi connectivity index (χ2n) is 5.77. The Morgan fingerprint density at radius 2 is 2.04 bits per heavy atom. The predicted octanol–water partition coefficient (Wildman–Crippen LogP) is 2.47. The van der Waals surface area contributed by atoms with Crippen molar-refractivity contribution in [1.29, 1.82) is 0 Å². The lowest BCUT2D eigenvalue weighted by atomic mass is 10.1. The Morgan fingerprint density at radius 1 is 1.26 bits per heavy atom. The number of nitrogens with one attached hydrogen (secondary N) is 1. The molecule has 0 spiro atoms. The lowest BCUT2D eigenvalue weighted by molar-refractivity contribution is -0.139. The first-order valence-corrected chi connectivity index (χ1v) is 7.93. The molecule has 2 N–H and O–H groups in total. The first-order chi connectivity index (χ1) is 11.0. The summed E-state index contributed by atoms with van der Waals surface area (Å²) in [6.45, 7) is 3.90. The molecule has 6 heteroatoms. The Bertz CT molecular complexity index is 572. The van der Waals surface area contributed by atoms with Crippen molar-refractivity contribution in [3.8, 4) is 11.5 Å². The molecule has 1 aromatic rings. The highest BCUT2D eigenvalue weighted by Gasteiger charge is 2.25. The van der Waals surface area contributed by atoms with Gasteiger partial charge in [0.1, 0.15) is 0 Å². The van der Waals surface area contributed by atoms with E-state index >= 15 is 0 Å². The molecule has 2 atom stereocenters. The van der Waals surface area contributed by atoms with Gasteiger partial charge in [-0.2, -0.15) is 0 Å². The van der Waals surface area contributed by atoms with Crippen LogP contribution in [0.25, 0.3) is 0 Å².